The number of allylic oxidation sites excluding steroid dienone is 1. The number of hydrogen-bond donors (Lipinski definition) is 0. The Morgan fingerprint density at radius 2 is 2.10 bits per heavy atom. The van der Waals surface area contributed by atoms with E-state index in [1.165, 1.54) is 31.3 Å². The lowest BCUT2D eigenvalue weighted by Gasteiger charge is -1.97. The van der Waals surface area contributed by atoms with Crippen LogP contribution in [-0.4, -0.2) is 6.26 Å². The molecule has 0 aliphatic rings. The van der Waals surface area contributed by atoms with Gasteiger partial charge in [0.15, 0.2) is 0 Å². The second-order valence-corrected chi connectivity index (χ2v) is 3.36. The van der Waals surface area contributed by atoms with Gasteiger partial charge in [0, 0.05) is 0 Å². The van der Waals surface area contributed by atoms with Crippen LogP contribution in [-0.2, 0) is 0 Å². The molecule has 0 unspecified atom stereocenters. The lowest BCUT2D eigenvalue weighted by Crippen LogP contribution is -1.76. The van der Waals surface area contributed by atoms with Crippen LogP contribution in [0.5, 0.6) is 0 Å². The minimum atomic E-state index is 1.29. The molecule has 0 spiro atoms. The Hall–Kier alpha value is 0.0900. The van der Waals surface area contributed by atoms with Crippen molar-refractivity contribution in [2.45, 2.75) is 39.5 Å². The Labute approximate surface area is 69.1 Å². The predicted octanol–water partition coefficient (Wildman–Crippen LogP) is 3.83. The fraction of sp³-hybridized carbons (Fsp3) is 0.778. The van der Waals surface area contributed by atoms with E-state index >= 15 is 0 Å². The molecule has 10 heavy (non-hydrogen) atoms. The summed E-state index contributed by atoms with van der Waals surface area (Å²) in [5, 5.41) is 2.25. The van der Waals surface area contributed by atoms with Crippen molar-refractivity contribution in [3.05, 3.63) is 11.0 Å². The fourth-order valence-electron chi connectivity index (χ4n) is 0.914. The molecule has 0 radical (unpaired) electrons. The maximum Gasteiger partial charge on any atom is -0.0142 e. The molecule has 0 nitrogen and oxygen atoms in total. The van der Waals surface area contributed by atoms with Gasteiger partial charge in [-0.3, -0.25) is 0 Å². The standard InChI is InChI=1S/C9H18S/c1-4-5-6-7-9(2)8-10-3/h8H,4-7H2,1-3H3/b9-8-. The van der Waals surface area contributed by atoms with Crippen molar-refractivity contribution in [2.24, 2.45) is 0 Å². The van der Waals surface area contributed by atoms with E-state index in [0.717, 1.165) is 0 Å². The summed E-state index contributed by atoms with van der Waals surface area (Å²) in [5.41, 5.74) is 1.53. The largest absolute Gasteiger partial charge is 0.138 e. The Kier molecular flexibility index (Phi) is 7.26. The van der Waals surface area contributed by atoms with Crippen molar-refractivity contribution in [3.63, 3.8) is 0 Å². The van der Waals surface area contributed by atoms with Gasteiger partial charge >= 0.3 is 0 Å². The highest BCUT2D eigenvalue weighted by molar-refractivity contribution is 8.01. The van der Waals surface area contributed by atoms with E-state index in [1.54, 1.807) is 11.8 Å². The molecule has 0 aromatic rings. The molecule has 0 aromatic carbocycles. The van der Waals surface area contributed by atoms with E-state index in [-0.39, 0.29) is 0 Å². The smallest absolute Gasteiger partial charge is 0.0142 e. The summed E-state index contributed by atoms with van der Waals surface area (Å²) in [4.78, 5) is 0. The van der Waals surface area contributed by atoms with Gasteiger partial charge in [0.25, 0.3) is 0 Å². The van der Waals surface area contributed by atoms with Crippen LogP contribution < -0.4 is 0 Å². The topological polar surface area (TPSA) is 0 Å². The molecular formula is C9H18S. The molecule has 0 aliphatic carbocycles. The first-order valence-corrected chi connectivity index (χ1v) is 5.28. The maximum atomic E-state index is 2.25. The normalized spacial score (nSPS) is 12.1. The summed E-state index contributed by atoms with van der Waals surface area (Å²) in [6, 6.07) is 0. The molecule has 0 atom stereocenters. The number of hydrogen-bond acceptors (Lipinski definition) is 1. The summed E-state index contributed by atoms with van der Waals surface area (Å²) < 4.78 is 0. The highest BCUT2D eigenvalue weighted by atomic mass is 32.2. The van der Waals surface area contributed by atoms with E-state index in [1.807, 2.05) is 0 Å². The van der Waals surface area contributed by atoms with E-state index in [2.05, 4.69) is 25.5 Å². The van der Waals surface area contributed by atoms with E-state index in [4.69, 9.17) is 0 Å². The number of thioether (sulfide) groups is 1. The van der Waals surface area contributed by atoms with Crippen molar-refractivity contribution >= 4 is 11.8 Å². The zero-order valence-electron chi connectivity index (χ0n) is 7.31. The Balaban J connectivity index is 3.21. The van der Waals surface area contributed by atoms with Gasteiger partial charge in [-0.2, -0.15) is 0 Å². The van der Waals surface area contributed by atoms with Crippen LogP contribution in [0.2, 0.25) is 0 Å². The third kappa shape index (κ3) is 6.21. The number of unbranched alkanes of at least 4 members (excludes halogenated alkanes) is 2. The van der Waals surface area contributed by atoms with Gasteiger partial charge in [0.1, 0.15) is 0 Å². The van der Waals surface area contributed by atoms with Crippen LogP contribution in [0.15, 0.2) is 11.0 Å². The molecule has 0 fully saturated rings. The van der Waals surface area contributed by atoms with Crippen LogP contribution in [0.1, 0.15) is 39.5 Å². The lowest BCUT2D eigenvalue weighted by molar-refractivity contribution is 0.714. The molecule has 60 valence electrons. The van der Waals surface area contributed by atoms with Gasteiger partial charge in [0.2, 0.25) is 0 Å². The lowest BCUT2D eigenvalue weighted by atomic mass is 10.1. The van der Waals surface area contributed by atoms with Gasteiger partial charge in [0.05, 0.1) is 0 Å². The summed E-state index contributed by atoms with van der Waals surface area (Å²) in [7, 11) is 0. The maximum absolute atomic E-state index is 2.25. The van der Waals surface area contributed by atoms with Crippen LogP contribution >= 0.6 is 11.8 Å². The van der Waals surface area contributed by atoms with Crippen molar-refractivity contribution in [1.82, 2.24) is 0 Å². The Bertz CT molecular complexity index is 94.9. The van der Waals surface area contributed by atoms with Crippen LogP contribution in [0, 0.1) is 0 Å². The van der Waals surface area contributed by atoms with Crippen molar-refractivity contribution in [1.29, 1.82) is 0 Å². The molecular weight excluding hydrogens is 140 g/mol. The van der Waals surface area contributed by atoms with Crippen LogP contribution in [0.4, 0.5) is 0 Å². The van der Waals surface area contributed by atoms with Crippen LogP contribution in [0.3, 0.4) is 0 Å². The summed E-state index contributed by atoms with van der Waals surface area (Å²) in [5.74, 6) is 0. The minimum Gasteiger partial charge on any atom is -0.138 e. The fourth-order valence-corrected chi connectivity index (χ4v) is 1.43. The quantitative estimate of drug-likeness (QED) is 0.548. The van der Waals surface area contributed by atoms with Gasteiger partial charge < -0.3 is 0 Å². The van der Waals surface area contributed by atoms with Crippen molar-refractivity contribution < 1.29 is 0 Å². The monoisotopic (exact) mass is 158 g/mol. The SMILES string of the molecule is CCCCC/C(C)=C\SC. The summed E-state index contributed by atoms with van der Waals surface area (Å²) in [6.07, 6.45) is 7.46. The van der Waals surface area contributed by atoms with Crippen LogP contribution in [0.25, 0.3) is 0 Å². The molecule has 0 bridgehead atoms. The van der Waals surface area contributed by atoms with E-state index < -0.39 is 0 Å². The first kappa shape index (κ1) is 10.1. The molecule has 0 saturated heterocycles. The molecule has 0 aliphatic heterocycles. The van der Waals surface area contributed by atoms with Crippen molar-refractivity contribution in [3.8, 4) is 0 Å². The van der Waals surface area contributed by atoms with Gasteiger partial charge in [-0.1, -0.05) is 25.3 Å². The highest BCUT2D eigenvalue weighted by Gasteiger charge is 1.88. The molecule has 0 amide bonds. The third-order valence-electron chi connectivity index (χ3n) is 1.49. The third-order valence-corrected chi connectivity index (χ3v) is 2.13. The average Bonchev–Trinajstić information content (AvgIpc) is 1.89. The second-order valence-electron chi connectivity index (χ2n) is 2.66. The van der Waals surface area contributed by atoms with Crippen molar-refractivity contribution in [2.75, 3.05) is 6.26 Å². The van der Waals surface area contributed by atoms with E-state index in [0.29, 0.717) is 0 Å². The Morgan fingerprint density at radius 3 is 2.60 bits per heavy atom. The predicted molar refractivity (Wildman–Crippen MR) is 51.4 cm³/mol. The average molecular weight is 158 g/mol. The highest BCUT2D eigenvalue weighted by Crippen LogP contribution is 2.11. The van der Waals surface area contributed by atoms with Gasteiger partial charge in [-0.25, -0.2) is 0 Å². The molecule has 0 saturated carbocycles. The number of rotatable bonds is 5. The zero-order chi connectivity index (χ0) is 7.82. The van der Waals surface area contributed by atoms with Gasteiger partial charge in [-0.15, -0.1) is 11.8 Å². The summed E-state index contributed by atoms with van der Waals surface area (Å²) >= 11 is 1.81. The van der Waals surface area contributed by atoms with Gasteiger partial charge in [-0.05, 0) is 31.4 Å². The molecule has 0 rings (SSSR count). The first-order chi connectivity index (χ1) is 4.81. The first-order valence-electron chi connectivity index (χ1n) is 3.99. The molecule has 0 N–H and O–H groups in total. The molecule has 1 heteroatoms. The zero-order valence-corrected chi connectivity index (χ0v) is 8.13. The van der Waals surface area contributed by atoms with E-state index in [9.17, 15) is 0 Å². The molecule has 0 aromatic heterocycles. The minimum absolute atomic E-state index is 1.29. The summed E-state index contributed by atoms with van der Waals surface area (Å²) in [6.45, 7) is 4.46. The molecule has 0 heterocycles. The second kappa shape index (κ2) is 7.20. The Morgan fingerprint density at radius 1 is 1.40 bits per heavy atom.